The molecule has 4 aromatic heterocycles. The lowest BCUT2D eigenvalue weighted by molar-refractivity contribution is 0.0660. The van der Waals surface area contributed by atoms with Crippen LogP contribution < -0.4 is 11.4 Å². The Morgan fingerprint density at radius 3 is 2.61 bits per heavy atom. The molecular weight excluding hydrogens is 655 g/mol. The van der Waals surface area contributed by atoms with Crippen molar-refractivity contribution in [3.05, 3.63) is 116 Å². The van der Waals surface area contributed by atoms with Crippen LogP contribution in [0, 0.1) is 12.7 Å². The highest BCUT2D eigenvalue weighted by Crippen LogP contribution is 2.40. The molecule has 2 N–H and O–H groups in total. The third-order valence-electron chi connectivity index (χ3n) is 10.8. The summed E-state index contributed by atoms with van der Waals surface area (Å²) in [6.45, 7) is 9.32. The molecule has 0 saturated carbocycles. The van der Waals surface area contributed by atoms with Crippen molar-refractivity contribution < 1.29 is 18.4 Å². The van der Waals surface area contributed by atoms with Crippen LogP contribution >= 0.6 is 0 Å². The number of benzene rings is 2. The molecule has 0 unspecified atom stereocenters. The van der Waals surface area contributed by atoms with Crippen LogP contribution in [0.5, 0.6) is 0 Å². The van der Waals surface area contributed by atoms with Crippen molar-refractivity contribution in [2.75, 3.05) is 19.8 Å². The third-order valence-corrected chi connectivity index (χ3v) is 10.8. The molecule has 1 fully saturated rings. The molecule has 2 atom stereocenters. The van der Waals surface area contributed by atoms with Gasteiger partial charge < -0.3 is 19.2 Å². The van der Waals surface area contributed by atoms with Gasteiger partial charge in [-0.2, -0.15) is 5.10 Å². The highest BCUT2D eigenvalue weighted by atomic mass is 19.1. The number of amides is 1. The molecule has 2 aliphatic rings. The summed E-state index contributed by atoms with van der Waals surface area (Å²) in [6, 6.07) is 12.4. The highest BCUT2D eigenvalue weighted by Gasteiger charge is 2.40. The number of hydrogen-bond donors (Lipinski definition) is 2. The molecule has 13 nitrogen and oxygen atoms in total. The van der Waals surface area contributed by atoms with Gasteiger partial charge >= 0.3 is 11.4 Å². The van der Waals surface area contributed by atoms with Gasteiger partial charge in [-0.1, -0.05) is 18.1 Å². The number of carbonyl (C=O) groups excluding carboxylic acids is 1. The molecule has 264 valence electrons. The van der Waals surface area contributed by atoms with E-state index in [1.807, 2.05) is 37.5 Å². The first kappa shape index (κ1) is 32.7. The van der Waals surface area contributed by atoms with E-state index < -0.39 is 17.3 Å². The zero-order valence-electron chi connectivity index (χ0n) is 28.9. The van der Waals surface area contributed by atoms with Crippen molar-refractivity contribution in [3.63, 3.8) is 0 Å². The van der Waals surface area contributed by atoms with Crippen LogP contribution in [0.2, 0.25) is 0 Å². The van der Waals surface area contributed by atoms with Gasteiger partial charge in [-0.3, -0.25) is 18.9 Å². The van der Waals surface area contributed by atoms with E-state index in [1.165, 1.54) is 16.2 Å². The third kappa shape index (κ3) is 5.27. The lowest BCUT2D eigenvalue weighted by Gasteiger charge is -2.36. The van der Waals surface area contributed by atoms with E-state index in [9.17, 15) is 14.0 Å². The predicted octanol–water partition coefficient (Wildman–Crippen LogP) is 5.26. The van der Waals surface area contributed by atoms with E-state index >= 15 is 4.79 Å². The van der Waals surface area contributed by atoms with Crippen molar-refractivity contribution in [3.8, 4) is 11.5 Å². The standard InChI is InChI=1S/C37H39FN8O5/c1-5-37(4,34-40-36(49)51-42-34)45-29-9-6-24(23-11-16-50-17-12-23)19-25(29)20-30(45)33(47)43-14-10-28-31(22(43)3)32(44-15-13-39-35(44)48)46(41-28)26-7-8-27(38)21(2)18-26/h6-9,13,15,18-20,22-23H,5,10-12,14,16-17H2,1-4H3,(H,39,48)(H,40,42,49)/t22-,37+/m0/s1. The van der Waals surface area contributed by atoms with Gasteiger partial charge in [-0.15, -0.1) is 0 Å². The first-order valence-electron chi connectivity index (χ1n) is 17.3. The first-order valence-corrected chi connectivity index (χ1v) is 17.3. The van der Waals surface area contributed by atoms with Gasteiger partial charge in [0.1, 0.15) is 22.9 Å². The Balaban J connectivity index is 1.27. The van der Waals surface area contributed by atoms with Crippen molar-refractivity contribution in [1.29, 1.82) is 0 Å². The smallest absolute Gasteiger partial charge is 0.381 e. The maximum Gasteiger partial charge on any atom is 0.438 e. The van der Waals surface area contributed by atoms with Crippen LogP contribution in [0.3, 0.4) is 0 Å². The molecule has 51 heavy (non-hydrogen) atoms. The maximum absolute atomic E-state index is 15.0. The number of nitrogens with one attached hydrogen (secondary N) is 2. The van der Waals surface area contributed by atoms with Gasteiger partial charge in [0.15, 0.2) is 5.82 Å². The van der Waals surface area contributed by atoms with E-state index in [4.69, 9.17) is 14.4 Å². The molecule has 6 heterocycles. The second-order valence-electron chi connectivity index (χ2n) is 13.7. The molecule has 0 bridgehead atoms. The summed E-state index contributed by atoms with van der Waals surface area (Å²) < 4.78 is 30.0. The predicted molar refractivity (Wildman–Crippen MR) is 186 cm³/mol. The Bertz CT molecular complexity index is 2410. The van der Waals surface area contributed by atoms with Crippen molar-refractivity contribution >= 4 is 16.8 Å². The van der Waals surface area contributed by atoms with Gasteiger partial charge in [-0.25, -0.2) is 18.7 Å². The number of aromatic nitrogens is 7. The minimum Gasteiger partial charge on any atom is -0.381 e. The average molecular weight is 695 g/mol. The first-order chi connectivity index (χ1) is 24.6. The quantitative estimate of drug-likeness (QED) is 0.232. The SMILES string of the molecule is CC[C@](C)(c1noc(=O)[nH]1)n1c(C(=O)N2CCc3nn(-c4ccc(F)c(C)c4)c(-n4cc[nH]c4=O)c3[C@@H]2C)cc2cc(C3CCOCC3)ccc21. The highest BCUT2D eigenvalue weighted by molar-refractivity contribution is 5.99. The molecule has 1 amide bonds. The van der Waals surface area contributed by atoms with Crippen LogP contribution in [-0.4, -0.2) is 64.6 Å². The van der Waals surface area contributed by atoms with E-state index in [0.29, 0.717) is 67.1 Å². The largest absolute Gasteiger partial charge is 0.438 e. The van der Waals surface area contributed by atoms with Crippen LogP contribution in [0.25, 0.3) is 22.4 Å². The normalized spacial score (nSPS) is 17.9. The molecule has 0 radical (unpaired) electrons. The fraction of sp³-hybridized carbons (Fsp3) is 0.378. The van der Waals surface area contributed by atoms with Crippen LogP contribution in [0.4, 0.5) is 4.39 Å². The number of H-pyrrole nitrogens is 2. The molecular formula is C37H39FN8O5. The molecule has 2 aliphatic heterocycles. The van der Waals surface area contributed by atoms with Gasteiger partial charge in [0, 0.05) is 55.0 Å². The Kier molecular flexibility index (Phi) is 7.93. The van der Waals surface area contributed by atoms with Gasteiger partial charge in [-0.05, 0) is 93.5 Å². The lowest BCUT2D eigenvalue weighted by Crippen LogP contribution is -2.42. The van der Waals surface area contributed by atoms with Crippen molar-refractivity contribution in [2.45, 2.75) is 70.9 Å². The van der Waals surface area contributed by atoms with E-state index in [2.05, 4.69) is 27.3 Å². The van der Waals surface area contributed by atoms with Gasteiger partial charge in [0.05, 0.1) is 17.4 Å². The molecule has 14 heteroatoms. The number of ether oxygens (including phenoxy) is 1. The Hall–Kier alpha value is -5.50. The fourth-order valence-electron chi connectivity index (χ4n) is 7.84. The molecule has 6 aromatic rings. The Morgan fingerprint density at radius 1 is 1.12 bits per heavy atom. The zero-order valence-corrected chi connectivity index (χ0v) is 28.9. The fourth-order valence-corrected chi connectivity index (χ4v) is 7.84. The van der Waals surface area contributed by atoms with Gasteiger partial charge in [0.25, 0.3) is 5.91 Å². The van der Waals surface area contributed by atoms with Crippen molar-refractivity contribution in [2.24, 2.45) is 0 Å². The topological polar surface area (TPSA) is 149 Å². The van der Waals surface area contributed by atoms with E-state index in [1.54, 1.807) is 41.0 Å². The number of imidazole rings is 1. The Morgan fingerprint density at radius 2 is 1.92 bits per heavy atom. The number of fused-ring (bicyclic) bond motifs is 2. The summed E-state index contributed by atoms with van der Waals surface area (Å²) >= 11 is 0. The van der Waals surface area contributed by atoms with E-state index in [0.717, 1.165) is 35.0 Å². The summed E-state index contributed by atoms with van der Waals surface area (Å²) in [5, 5.41) is 9.91. The summed E-state index contributed by atoms with van der Waals surface area (Å²) in [6.07, 6.45) is 5.95. The van der Waals surface area contributed by atoms with Crippen LogP contribution in [0.1, 0.15) is 90.7 Å². The minimum absolute atomic E-state index is 0.222. The Labute approximate surface area is 291 Å². The monoisotopic (exact) mass is 694 g/mol. The molecule has 1 saturated heterocycles. The number of aromatic amines is 2. The molecule has 0 aliphatic carbocycles. The number of halogens is 1. The summed E-state index contributed by atoms with van der Waals surface area (Å²) in [4.78, 5) is 47.6. The number of aryl methyl sites for hydroxylation is 1. The maximum atomic E-state index is 15.0. The summed E-state index contributed by atoms with van der Waals surface area (Å²) in [5.74, 6) is -0.0897. The molecule has 2 aromatic carbocycles. The zero-order chi connectivity index (χ0) is 35.6. The van der Waals surface area contributed by atoms with Crippen molar-refractivity contribution in [1.82, 2.24) is 38.9 Å². The summed E-state index contributed by atoms with van der Waals surface area (Å²) in [5.41, 5.74) is 3.64. The number of rotatable bonds is 7. The molecule has 8 rings (SSSR count). The summed E-state index contributed by atoms with van der Waals surface area (Å²) in [7, 11) is 0. The van der Waals surface area contributed by atoms with Gasteiger partial charge in [0.2, 0.25) is 0 Å². The molecule has 0 spiro atoms. The second kappa shape index (κ2) is 12.4. The lowest BCUT2D eigenvalue weighted by atomic mass is 9.91. The van der Waals surface area contributed by atoms with Crippen LogP contribution in [0.15, 0.2) is 69.0 Å². The minimum atomic E-state index is -0.946. The number of carbonyl (C=O) groups is 1. The second-order valence-corrected chi connectivity index (χ2v) is 13.7. The van der Waals surface area contributed by atoms with E-state index in [-0.39, 0.29) is 17.4 Å². The number of hydrogen-bond acceptors (Lipinski definition) is 7. The average Bonchev–Trinajstić information content (AvgIpc) is 3.94. The number of nitrogens with zero attached hydrogens (tertiary/aromatic N) is 6. The van der Waals surface area contributed by atoms with Crippen LogP contribution in [-0.2, 0) is 16.7 Å².